The van der Waals surface area contributed by atoms with Crippen molar-refractivity contribution in [1.29, 1.82) is 21.2 Å². The third-order valence-corrected chi connectivity index (χ3v) is 5.94. The lowest BCUT2D eigenvalue weighted by molar-refractivity contribution is -0.286. The Morgan fingerprint density at radius 2 is 1.89 bits per heavy atom. The molecule has 0 amide bonds. The maximum atomic E-state index is 10.2. The van der Waals surface area contributed by atoms with Gasteiger partial charge in [0, 0.05) is 11.4 Å². The van der Waals surface area contributed by atoms with Crippen LogP contribution in [-0.2, 0) is 9.47 Å². The van der Waals surface area contributed by atoms with Gasteiger partial charge in [0.2, 0.25) is 17.1 Å². The van der Waals surface area contributed by atoms with Gasteiger partial charge < -0.3 is 9.47 Å². The number of hydrogen-bond donors (Lipinski definition) is 1. The van der Waals surface area contributed by atoms with Crippen molar-refractivity contribution in [2.75, 3.05) is 0 Å². The van der Waals surface area contributed by atoms with Crippen LogP contribution >= 0.6 is 11.6 Å². The SMILES string of the molecule is CCCC12OC(=N)C(C#N)(C1CC)C(C#N)(C#N)C(c1cccc(Cl)c1)O2. The maximum absolute atomic E-state index is 10.2. The average molecular weight is 383 g/mol. The summed E-state index contributed by atoms with van der Waals surface area (Å²) in [7, 11) is 0. The molecular weight excluding hydrogens is 364 g/mol. The summed E-state index contributed by atoms with van der Waals surface area (Å²) in [5, 5.41) is 39.3. The first-order valence-electron chi connectivity index (χ1n) is 8.86. The van der Waals surface area contributed by atoms with E-state index in [9.17, 15) is 15.8 Å². The lowest BCUT2D eigenvalue weighted by Crippen LogP contribution is -2.59. The van der Waals surface area contributed by atoms with E-state index in [2.05, 4.69) is 6.07 Å². The van der Waals surface area contributed by atoms with Crippen molar-refractivity contribution < 1.29 is 9.47 Å². The smallest absolute Gasteiger partial charge is 0.217 e. The monoisotopic (exact) mass is 382 g/mol. The van der Waals surface area contributed by atoms with E-state index >= 15 is 0 Å². The fourth-order valence-electron chi connectivity index (χ4n) is 4.64. The van der Waals surface area contributed by atoms with E-state index in [0.29, 0.717) is 29.8 Å². The fraction of sp³-hybridized carbons (Fsp3) is 0.500. The van der Waals surface area contributed by atoms with Crippen LogP contribution in [0, 0.1) is 56.2 Å². The zero-order valence-electron chi connectivity index (χ0n) is 15.1. The van der Waals surface area contributed by atoms with Crippen LogP contribution in [0.1, 0.15) is 44.8 Å². The third-order valence-electron chi connectivity index (χ3n) is 5.71. The molecule has 2 aliphatic rings. The summed E-state index contributed by atoms with van der Waals surface area (Å²) >= 11 is 6.12. The fourth-order valence-corrected chi connectivity index (χ4v) is 4.84. The van der Waals surface area contributed by atoms with Crippen LogP contribution < -0.4 is 0 Å². The molecule has 0 saturated carbocycles. The Balaban J connectivity index is 2.35. The molecule has 2 saturated heterocycles. The maximum Gasteiger partial charge on any atom is 0.217 e. The minimum Gasteiger partial charge on any atom is -0.447 e. The van der Waals surface area contributed by atoms with E-state index < -0.39 is 28.6 Å². The molecule has 1 aromatic rings. The molecule has 4 unspecified atom stereocenters. The average Bonchev–Trinajstić information content (AvgIpc) is 2.85. The van der Waals surface area contributed by atoms with Crippen LogP contribution in [0.15, 0.2) is 24.3 Å². The standard InChI is InChI=1S/C20H19ClN4O2/c1-3-8-20-15(4-2)19(12-24,17(25)27-20)18(10-22,11-23)16(26-20)13-6-5-7-14(21)9-13/h5-7,9,15-16,25H,3-4,8H2,1-2H3. The van der Waals surface area contributed by atoms with E-state index in [0.717, 1.165) is 0 Å². The first-order chi connectivity index (χ1) is 12.9. The molecule has 2 aliphatic heterocycles. The zero-order valence-corrected chi connectivity index (χ0v) is 15.9. The van der Waals surface area contributed by atoms with Crippen molar-refractivity contribution in [2.24, 2.45) is 16.7 Å². The van der Waals surface area contributed by atoms with E-state index in [1.165, 1.54) is 0 Å². The van der Waals surface area contributed by atoms with Crippen molar-refractivity contribution in [3.8, 4) is 18.2 Å². The second-order valence-corrected chi connectivity index (χ2v) is 7.39. The molecule has 2 bridgehead atoms. The van der Waals surface area contributed by atoms with Gasteiger partial charge in [-0.2, -0.15) is 15.8 Å². The highest BCUT2D eigenvalue weighted by molar-refractivity contribution is 6.30. The third kappa shape index (κ3) is 2.23. The lowest BCUT2D eigenvalue weighted by Gasteiger charge is -2.49. The minimum atomic E-state index is -1.93. The minimum absolute atomic E-state index is 0.363. The Kier molecular flexibility index (Phi) is 4.64. The molecule has 0 spiro atoms. The van der Waals surface area contributed by atoms with E-state index in [-0.39, 0.29) is 5.90 Å². The molecule has 0 aliphatic carbocycles. The van der Waals surface area contributed by atoms with Crippen LogP contribution in [0.3, 0.4) is 0 Å². The van der Waals surface area contributed by atoms with Crippen molar-refractivity contribution in [3.63, 3.8) is 0 Å². The van der Waals surface area contributed by atoms with E-state index in [1.54, 1.807) is 24.3 Å². The van der Waals surface area contributed by atoms with Gasteiger partial charge in [0.05, 0.1) is 24.1 Å². The van der Waals surface area contributed by atoms with E-state index in [4.69, 9.17) is 26.5 Å². The summed E-state index contributed by atoms with van der Waals surface area (Å²) in [4.78, 5) is 0. The van der Waals surface area contributed by atoms with Gasteiger partial charge in [-0.25, -0.2) is 0 Å². The number of fused-ring (bicyclic) bond motifs is 2. The van der Waals surface area contributed by atoms with Crippen LogP contribution in [0.2, 0.25) is 5.02 Å². The van der Waals surface area contributed by atoms with Gasteiger partial charge in [0.15, 0.2) is 5.41 Å². The summed E-state index contributed by atoms with van der Waals surface area (Å²) in [5.41, 5.74) is -3.14. The second-order valence-electron chi connectivity index (χ2n) is 6.96. The molecule has 0 aromatic heterocycles. The highest BCUT2D eigenvalue weighted by Crippen LogP contribution is 2.68. The molecule has 7 heteroatoms. The molecule has 3 rings (SSSR count). The van der Waals surface area contributed by atoms with Crippen molar-refractivity contribution in [3.05, 3.63) is 34.9 Å². The Hall–Kier alpha value is -2.59. The van der Waals surface area contributed by atoms with Gasteiger partial charge in [-0.05, 0) is 30.5 Å². The number of nitrogens with one attached hydrogen (secondary N) is 1. The van der Waals surface area contributed by atoms with Gasteiger partial charge in [0.1, 0.15) is 6.10 Å². The topological polar surface area (TPSA) is 114 Å². The van der Waals surface area contributed by atoms with E-state index in [1.807, 2.05) is 26.0 Å². The Morgan fingerprint density at radius 1 is 1.19 bits per heavy atom. The predicted molar refractivity (Wildman–Crippen MR) is 97.2 cm³/mol. The van der Waals surface area contributed by atoms with Gasteiger partial charge in [-0.3, -0.25) is 5.41 Å². The normalized spacial score (nSPS) is 33.4. The molecule has 138 valence electrons. The van der Waals surface area contributed by atoms with Crippen LogP contribution in [0.5, 0.6) is 0 Å². The summed E-state index contributed by atoms with van der Waals surface area (Å²) in [6.07, 6.45) is 0.507. The summed E-state index contributed by atoms with van der Waals surface area (Å²) in [6, 6.07) is 12.9. The number of halogens is 1. The number of benzene rings is 1. The highest BCUT2D eigenvalue weighted by atomic mass is 35.5. The first kappa shape index (κ1) is 19.2. The number of nitrogens with zero attached hydrogens (tertiary/aromatic N) is 3. The van der Waals surface area contributed by atoms with Gasteiger partial charge >= 0.3 is 0 Å². The number of ether oxygens (including phenoxy) is 2. The molecule has 4 atom stereocenters. The highest BCUT2D eigenvalue weighted by Gasteiger charge is 2.79. The summed E-state index contributed by atoms with van der Waals surface area (Å²) < 4.78 is 12.2. The second kappa shape index (κ2) is 6.54. The molecule has 2 heterocycles. The predicted octanol–water partition coefficient (Wildman–Crippen LogP) is 4.48. The molecule has 0 radical (unpaired) electrons. The lowest BCUT2D eigenvalue weighted by atomic mass is 9.52. The summed E-state index contributed by atoms with van der Waals surface area (Å²) in [6.45, 7) is 3.81. The zero-order chi connectivity index (χ0) is 19.9. The molecular formula is C20H19ClN4O2. The molecule has 6 nitrogen and oxygen atoms in total. The van der Waals surface area contributed by atoms with Crippen LogP contribution in [0.4, 0.5) is 0 Å². The number of hydrogen-bond acceptors (Lipinski definition) is 6. The molecule has 1 aromatic carbocycles. The first-order valence-corrected chi connectivity index (χ1v) is 9.24. The molecule has 27 heavy (non-hydrogen) atoms. The number of nitriles is 3. The molecule has 2 fully saturated rings. The van der Waals surface area contributed by atoms with Gasteiger partial charge in [0.25, 0.3) is 0 Å². The Morgan fingerprint density at radius 3 is 2.41 bits per heavy atom. The van der Waals surface area contributed by atoms with Crippen molar-refractivity contribution in [1.82, 2.24) is 0 Å². The quantitative estimate of drug-likeness (QED) is 0.824. The Bertz CT molecular complexity index is 898. The van der Waals surface area contributed by atoms with Gasteiger partial charge in [-0.15, -0.1) is 0 Å². The summed E-state index contributed by atoms with van der Waals surface area (Å²) in [5.74, 6) is -2.18. The van der Waals surface area contributed by atoms with Gasteiger partial charge in [-0.1, -0.05) is 37.6 Å². The van der Waals surface area contributed by atoms with Crippen LogP contribution in [0.25, 0.3) is 0 Å². The van der Waals surface area contributed by atoms with Crippen molar-refractivity contribution in [2.45, 2.75) is 45.0 Å². The van der Waals surface area contributed by atoms with Crippen LogP contribution in [-0.4, -0.2) is 11.7 Å². The molecule has 1 N–H and O–H groups in total. The number of rotatable bonds is 4. The largest absolute Gasteiger partial charge is 0.447 e. The van der Waals surface area contributed by atoms with Crippen molar-refractivity contribution >= 4 is 17.5 Å². The Labute approximate surface area is 163 Å².